The van der Waals surface area contributed by atoms with Crippen molar-refractivity contribution in [2.45, 2.75) is 0 Å². The predicted octanol–water partition coefficient (Wildman–Crippen LogP) is 3.32. The van der Waals surface area contributed by atoms with E-state index in [9.17, 15) is 9.59 Å². The van der Waals surface area contributed by atoms with Crippen LogP contribution in [0, 0.1) is 0 Å². The average molecular weight is 419 g/mol. The number of rotatable bonds is 4. The van der Waals surface area contributed by atoms with E-state index in [-0.39, 0.29) is 5.91 Å². The molecule has 2 aromatic rings. The van der Waals surface area contributed by atoms with E-state index in [1.807, 2.05) is 12.1 Å². The minimum absolute atomic E-state index is 0.304. The zero-order valence-electron chi connectivity index (χ0n) is 14.3. The summed E-state index contributed by atoms with van der Waals surface area (Å²) in [5.41, 5.74) is 2.11. The number of methoxy groups -OCH3 is 1. The number of nitrogens with one attached hydrogen (secondary N) is 1. The average Bonchev–Trinajstić information content (AvgIpc) is 2.68. The van der Waals surface area contributed by atoms with Crippen molar-refractivity contribution in [3.05, 3.63) is 58.1 Å². The van der Waals surface area contributed by atoms with Crippen molar-refractivity contribution in [3.8, 4) is 0 Å². The lowest BCUT2D eigenvalue weighted by Crippen LogP contribution is -2.36. The first-order chi connectivity index (χ1) is 12.6. The molecule has 0 aliphatic carbocycles. The summed E-state index contributed by atoms with van der Waals surface area (Å²) in [4.78, 5) is 26.9. The molecule has 3 rings (SSSR count). The lowest BCUT2D eigenvalue weighted by molar-refractivity contribution is 0.0602. The highest BCUT2D eigenvalue weighted by Gasteiger charge is 2.19. The minimum Gasteiger partial charge on any atom is -0.465 e. The van der Waals surface area contributed by atoms with Gasteiger partial charge in [0.15, 0.2) is 0 Å². The third-order valence-electron chi connectivity index (χ3n) is 4.15. The summed E-state index contributed by atoms with van der Waals surface area (Å²) in [6, 6.07) is 12.5. The number of hydrogen-bond acceptors (Lipinski definition) is 5. The van der Waals surface area contributed by atoms with Crippen LogP contribution in [0.25, 0.3) is 0 Å². The Balaban J connectivity index is 1.89. The van der Waals surface area contributed by atoms with E-state index in [2.05, 4.69) is 26.1 Å². The molecule has 1 saturated heterocycles. The van der Waals surface area contributed by atoms with Crippen molar-refractivity contribution in [1.29, 1.82) is 0 Å². The summed E-state index contributed by atoms with van der Waals surface area (Å²) < 4.78 is 10.9. The molecular formula is C19H19BrN2O4. The Morgan fingerprint density at radius 1 is 1.12 bits per heavy atom. The van der Waals surface area contributed by atoms with Gasteiger partial charge in [0.2, 0.25) is 0 Å². The van der Waals surface area contributed by atoms with E-state index >= 15 is 0 Å². The molecule has 0 spiro atoms. The van der Waals surface area contributed by atoms with Crippen LogP contribution < -0.4 is 10.2 Å². The Morgan fingerprint density at radius 2 is 1.85 bits per heavy atom. The van der Waals surface area contributed by atoms with Crippen LogP contribution in [0.1, 0.15) is 20.7 Å². The molecule has 0 atom stereocenters. The van der Waals surface area contributed by atoms with Gasteiger partial charge in [-0.05, 0) is 46.3 Å². The summed E-state index contributed by atoms with van der Waals surface area (Å²) >= 11 is 3.36. The van der Waals surface area contributed by atoms with Gasteiger partial charge in [0.25, 0.3) is 5.91 Å². The number of anilines is 2. The number of halogens is 1. The van der Waals surface area contributed by atoms with Gasteiger partial charge in [-0.25, -0.2) is 4.79 Å². The molecule has 0 bridgehead atoms. The fourth-order valence-electron chi connectivity index (χ4n) is 2.77. The number of amides is 1. The first kappa shape index (κ1) is 18.4. The van der Waals surface area contributed by atoms with Gasteiger partial charge in [0.1, 0.15) is 0 Å². The van der Waals surface area contributed by atoms with Crippen molar-refractivity contribution >= 4 is 39.2 Å². The second kappa shape index (κ2) is 8.33. The normalized spacial score (nSPS) is 14.0. The maximum Gasteiger partial charge on any atom is 0.340 e. The molecule has 26 heavy (non-hydrogen) atoms. The molecule has 6 nitrogen and oxygen atoms in total. The van der Waals surface area contributed by atoms with Crippen LogP contribution in [0.4, 0.5) is 11.4 Å². The van der Waals surface area contributed by atoms with E-state index in [0.29, 0.717) is 34.5 Å². The lowest BCUT2D eigenvalue weighted by atomic mass is 10.1. The quantitative estimate of drug-likeness (QED) is 0.771. The molecule has 1 aliphatic heterocycles. The van der Waals surface area contributed by atoms with Gasteiger partial charge in [-0.1, -0.05) is 12.1 Å². The van der Waals surface area contributed by atoms with Crippen LogP contribution in [-0.4, -0.2) is 45.3 Å². The third-order valence-corrected chi connectivity index (χ3v) is 4.84. The Kier molecular flexibility index (Phi) is 5.90. The highest BCUT2D eigenvalue weighted by atomic mass is 79.9. The third kappa shape index (κ3) is 4.05. The molecule has 1 heterocycles. The largest absolute Gasteiger partial charge is 0.465 e. The molecule has 2 aromatic carbocycles. The number of ether oxygens (including phenoxy) is 2. The second-order valence-electron chi connectivity index (χ2n) is 5.75. The van der Waals surface area contributed by atoms with Crippen LogP contribution >= 0.6 is 15.9 Å². The Morgan fingerprint density at radius 3 is 2.54 bits per heavy atom. The number of carbonyl (C=O) groups is 2. The lowest BCUT2D eigenvalue weighted by Gasteiger charge is -2.29. The van der Waals surface area contributed by atoms with Crippen molar-refractivity contribution < 1.29 is 19.1 Å². The van der Waals surface area contributed by atoms with Crippen LogP contribution in [0.15, 0.2) is 46.9 Å². The molecule has 1 fully saturated rings. The molecule has 136 valence electrons. The highest BCUT2D eigenvalue weighted by Crippen LogP contribution is 2.26. The molecule has 1 N–H and O–H groups in total. The van der Waals surface area contributed by atoms with E-state index in [4.69, 9.17) is 9.47 Å². The van der Waals surface area contributed by atoms with Gasteiger partial charge in [0, 0.05) is 23.2 Å². The Bertz CT molecular complexity index is 819. The van der Waals surface area contributed by atoms with Crippen LogP contribution in [0.3, 0.4) is 0 Å². The summed E-state index contributed by atoms with van der Waals surface area (Å²) in [6.45, 7) is 2.80. The SMILES string of the molecule is COC(=O)c1cc(N2CCOCC2)ccc1NC(=O)c1ccccc1Br. The smallest absolute Gasteiger partial charge is 0.340 e. The van der Waals surface area contributed by atoms with Crippen molar-refractivity contribution in [3.63, 3.8) is 0 Å². The summed E-state index contributed by atoms with van der Waals surface area (Å²) in [5.74, 6) is -0.802. The standard InChI is InChI=1S/C19H19BrN2O4/c1-25-19(24)15-12-13(22-8-10-26-11-9-22)6-7-17(15)21-18(23)14-4-2-3-5-16(14)20/h2-7,12H,8-11H2,1H3,(H,21,23). The zero-order valence-corrected chi connectivity index (χ0v) is 15.9. The summed E-state index contributed by atoms with van der Waals surface area (Å²) in [6.07, 6.45) is 0. The second-order valence-corrected chi connectivity index (χ2v) is 6.61. The van der Waals surface area contributed by atoms with E-state index in [1.54, 1.807) is 30.3 Å². The number of benzene rings is 2. The van der Waals surface area contributed by atoms with Crippen LogP contribution in [-0.2, 0) is 9.47 Å². The molecule has 1 amide bonds. The maximum absolute atomic E-state index is 12.6. The number of hydrogen-bond donors (Lipinski definition) is 1. The maximum atomic E-state index is 12.6. The molecular weight excluding hydrogens is 400 g/mol. The molecule has 0 saturated carbocycles. The first-order valence-corrected chi connectivity index (χ1v) is 9.00. The van der Waals surface area contributed by atoms with Gasteiger partial charge in [0.05, 0.1) is 37.1 Å². The van der Waals surface area contributed by atoms with Crippen LogP contribution in [0.5, 0.6) is 0 Å². The monoisotopic (exact) mass is 418 g/mol. The highest BCUT2D eigenvalue weighted by molar-refractivity contribution is 9.10. The predicted molar refractivity (Wildman–Crippen MR) is 103 cm³/mol. The molecule has 0 unspecified atom stereocenters. The van der Waals surface area contributed by atoms with Crippen molar-refractivity contribution in [1.82, 2.24) is 0 Å². The first-order valence-electron chi connectivity index (χ1n) is 8.21. The van der Waals surface area contributed by atoms with Gasteiger partial charge >= 0.3 is 5.97 Å². The summed E-state index contributed by atoms with van der Waals surface area (Å²) in [5, 5.41) is 2.80. The van der Waals surface area contributed by atoms with Gasteiger partial charge in [-0.15, -0.1) is 0 Å². The Labute approximate surface area is 160 Å². The van der Waals surface area contributed by atoms with E-state index in [1.165, 1.54) is 7.11 Å². The molecule has 1 aliphatic rings. The van der Waals surface area contributed by atoms with Crippen molar-refractivity contribution in [2.75, 3.05) is 43.6 Å². The minimum atomic E-state index is -0.498. The fraction of sp³-hybridized carbons (Fsp3) is 0.263. The fourth-order valence-corrected chi connectivity index (χ4v) is 3.24. The van der Waals surface area contributed by atoms with Gasteiger partial charge in [-0.2, -0.15) is 0 Å². The van der Waals surface area contributed by atoms with E-state index in [0.717, 1.165) is 18.8 Å². The number of morpholine rings is 1. The molecule has 7 heteroatoms. The van der Waals surface area contributed by atoms with E-state index < -0.39 is 5.97 Å². The van der Waals surface area contributed by atoms with Crippen LogP contribution in [0.2, 0.25) is 0 Å². The number of nitrogens with zero attached hydrogens (tertiary/aromatic N) is 1. The Hall–Kier alpha value is -2.38. The van der Waals surface area contributed by atoms with Gasteiger partial charge in [-0.3, -0.25) is 4.79 Å². The summed E-state index contributed by atoms with van der Waals surface area (Å²) in [7, 11) is 1.32. The topological polar surface area (TPSA) is 67.9 Å². The molecule has 0 aromatic heterocycles. The number of esters is 1. The number of carbonyl (C=O) groups excluding carboxylic acids is 2. The molecule has 0 radical (unpaired) electrons. The zero-order chi connectivity index (χ0) is 18.5. The van der Waals surface area contributed by atoms with Gasteiger partial charge < -0.3 is 19.7 Å². The van der Waals surface area contributed by atoms with Crippen molar-refractivity contribution in [2.24, 2.45) is 0 Å².